The van der Waals surface area contributed by atoms with Crippen LogP contribution < -0.4 is 14.7 Å². The summed E-state index contributed by atoms with van der Waals surface area (Å²) in [5, 5.41) is 9.75. The van der Waals surface area contributed by atoms with Crippen molar-refractivity contribution in [3.8, 4) is 6.07 Å². The van der Waals surface area contributed by atoms with Crippen molar-refractivity contribution in [1.82, 2.24) is 0 Å². The van der Waals surface area contributed by atoms with Crippen molar-refractivity contribution < 1.29 is 9.47 Å². The van der Waals surface area contributed by atoms with E-state index in [-0.39, 0.29) is 6.29 Å². The average molecular weight is 553 g/mol. The molecule has 3 fully saturated rings. The molecule has 0 amide bonds. The second kappa shape index (κ2) is 13.3. The number of rotatable bonds is 6. The summed E-state index contributed by atoms with van der Waals surface area (Å²) < 4.78 is 11.0. The highest BCUT2D eigenvalue weighted by molar-refractivity contribution is 6.32. The van der Waals surface area contributed by atoms with Crippen LogP contribution in [0.15, 0.2) is 42.5 Å². The number of nitrogens with zero attached hydrogens (tertiary/aromatic N) is 4. The van der Waals surface area contributed by atoms with Crippen LogP contribution in [0.2, 0.25) is 5.02 Å². The molecular weight excluding hydrogens is 508 g/mol. The molecule has 3 heterocycles. The maximum absolute atomic E-state index is 9.21. The van der Waals surface area contributed by atoms with E-state index in [4.69, 9.17) is 21.1 Å². The van der Waals surface area contributed by atoms with E-state index in [1.807, 2.05) is 32.0 Å². The van der Waals surface area contributed by atoms with Crippen molar-refractivity contribution in [2.45, 2.75) is 65.2 Å². The van der Waals surface area contributed by atoms with Crippen molar-refractivity contribution in [1.29, 1.82) is 5.26 Å². The van der Waals surface area contributed by atoms with E-state index in [9.17, 15) is 5.26 Å². The number of hydrogen-bond acceptors (Lipinski definition) is 6. The summed E-state index contributed by atoms with van der Waals surface area (Å²) in [6.45, 7) is 11.7. The van der Waals surface area contributed by atoms with E-state index in [0.29, 0.717) is 28.0 Å². The molecule has 0 aliphatic carbocycles. The predicted molar refractivity (Wildman–Crippen MR) is 162 cm³/mol. The van der Waals surface area contributed by atoms with Gasteiger partial charge in [0.2, 0.25) is 0 Å². The van der Waals surface area contributed by atoms with Crippen LogP contribution in [0.25, 0.3) is 0 Å². The van der Waals surface area contributed by atoms with Gasteiger partial charge in [-0.25, -0.2) is 0 Å². The van der Waals surface area contributed by atoms with Crippen LogP contribution >= 0.6 is 11.6 Å². The van der Waals surface area contributed by atoms with Crippen LogP contribution in [0.5, 0.6) is 0 Å². The Morgan fingerprint density at radius 3 is 1.87 bits per heavy atom. The van der Waals surface area contributed by atoms with Crippen LogP contribution in [0.3, 0.4) is 0 Å². The number of benzene rings is 2. The minimum absolute atomic E-state index is 0.0940. The third-order valence-corrected chi connectivity index (χ3v) is 9.65. The van der Waals surface area contributed by atoms with Gasteiger partial charge in [-0.1, -0.05) is 25.4 Å². The molecule has 0 N–H and O–H groups in total. The smallest absolute Gasteiger partial charge is 0.159 e. The summed E-state index contributed by atoms with van der Waals surface area (Å²) in [4.78, 5) is 7.52. The lowest BCUT2D eigenvalue weighted by Crippen LogP contribution is -2.46. The SMILES string of the molecule is CC.COC(OC)C1CCN(c2ccc(N3CCC4(CC3)CCN(c3ccc(C#N)c(Cl)c3)C4C)cc2)CC1. The Kier molecular flexibility index (Phi) is 10.0. The third-order valence-electron chi connectivity index (χ3n) is 9.34. The summed E-state index contributed by atoms with van der Waals surface area (Å²) in [5.41, 5.74) is 4.65. The lowest BCUT2D eigenvalue weighted by molar-refractivity contribution is -0.141. The molecule has 212 valence electrons. The van der Waals surface area contributed by atoms with Gasteiger partial charge in [0, 0.05) is 76.0 Å². The number of ether oxygens (including phenoxy) is 2. The molecule has 1 unspecified atom stereocenters. The summed E-state index contributed by atoms with van der Waals surface area (Å²) in [6.07, 6.45) is 5.69. The fourth-order valence-corrected chi connectivity index (χ4v) is 7.08. The van der Waals surface area contributed by atoms with Crippen molar-refractivity contribution in [2.75, 3.05) is 61.6 Å². The average Bonchev–Trinajstić information content (AvgIpc) is 3.30. The zero-order valence-corrected chi connectivity index (χ0v) is 25.1. The van der Waals surface area contributed by atoms with Crippen molar-refractivity contribution in [2.24, 2.45) is 11.3 Å². The first-order valence-corrected chi connectivity index (χ1v) is 15.0. The Hall–Kier alpha value is -2.46. The highest BCUT2D eigenvalue weighted by Crippen LogP contribution is 2.47. The van der Waals surface area contributed by atoms with Gasteiger partial charge < -0.3 is 24.2 Å². The first kappa shape index (κ1) is 29.5. The summed E-state index contributed by atoms with van der Waals surface area (Å²) in [6, 6.07) is 17.7. The molecule has 0 radical (unpaired) electrons. The molecule has 3 aliphatic heterocycles. The summed E-state index contributed by atoms with van der Waals surface area (Å²) >= 11 is 6.34. The molecule has 0 aromatic heterocycles. The molecule has 39 heavy (non-hydrogen) atoms. The van der Waals surface area contributed by atoms with E-state index in [1.165, 1.54) is 30.6 Å². The first-order chi connectivity index (χ1) is 19.0. The van der Waals surface area contributed by atoms with Gasteiger partial charge in [-0.3, -0.25) is 0 Å². The van der Waals surface area contributed by atoms with E-state index in [0.717, 1.165) is 51.3 Å². The van der Waals surface area contributed by atoms with Crippen LogP contribution in [-0.2, 0) is 9.47 Å². The second-order valence-electron chi connectivity index (χ2n) is 10.9. The molecule has 1 spiro atoms. The summed E-state index contributed by atoms with van der Waals surface area (Å²) in [5.74, 6) is 0.467. The quantitative estimate of drug-likeness (QED) is 0.361. The van der Waals surface area contributed by atoms with Gasteiger partial charge in [-0.2, -0.15) is 5.26 Å². The van der Waals surface area contributed by atoms with Crippen LogP contribution in [0.4, 0.5) is 17.1 Å². The first-order valence-electron chi connectivity index (χ1n) is 14.6. The van der Waals surface area contributed by atoms with Gasteiger partial charge in [0.15, 0.2) is 6.29 Å². The molecule has 0 bridgehead atoms. The summed E-state index contributed by atoms with van der Waals surface area (Å²) in [7, 11) is 3.47. The maximum Gasteiger partial charge on any atom is 0.159 e. The van der Waals surface area contributed by atoms with E-state index in [1.54, 1.807) is 14.2 Å². The standard InChI is InChI=1S/C30H39ClN4O2.C2H6/c1-22-30(14-19-35(22)27-5-4-24(21-32)28(31)20-27)12-17-34(18-13-30)26-8-6-25(7-9-26)33-15-10-23(11-16-33)29(36-2)37-3;1-2/h4-9,20,22-23,29H,10-19H2,1-3H3;1-2H3. The molecule has 5 rings (SSSR count). The Balaban J connectivity index is 0.00000172. The predicted octanol–water partition coefficient (Wildman–Crippen LogP) is 6.96. The molecule has 1 atom stereocenters. The van der Waals surface area contributed by atoms with Gasteiger partial charge in [0.1, 0.15) is 6.07 Å². The number of hydrogen-bond donors (Lipinski definition) is 0. The molecule has 7 heteroatoms. The maximum atomic E-state index is 9.21. The zero-order chi connectivity index (χ0) is 28.0. The molecular formula is C32H45ClN4O2. The van der Waals surface area contributed by atoms with Crippen LogP contribution in [-0.4, -0.2) is 59.3 Å². The molecule has 2 aromatic rings. The number of anilines is 3. The molecule has 0 saturated carbocycles. The molecule has 2 aromatic carbocycles. The van der Waals surface area contributed by atoms with Gasteiger partial charge in [-0.05, 0) is 86.9 Å². The number of nitriles is 1. The van der Waals surface area contributed by atoms with Gasteiger partial charge in [0.25, 0.3) is 0 Å². The molecule has 6 nitrogen and oxygen atoms in total. The third kappa shape index (κ3) is 6.16. The number of methoxy groups -OCH3 is 2. The largest absolute Gasteiger partial charge is 0.372 e. The normalized spacial score (nSPS) is 21.2. The van der Waals surface area contributed by atoms with Gasteiger partial charge in [-0.15, -0.1) is 0 Å². The number of halogens is 1. The van der Waals surface area contributed by atoms with E-state index >= 15 is 0 Å². The highest BCUT2D eigenvalue weighted by atomic mass is 35.5. The minimum atomic E-state index is -0.0940. The fourth-order valence-electron chi connectivity index (χ4n) is 6.87. The molecule has 3 saturated heterocycles. The topological polar surface area (TPSA) is 52.0 Å². The minimum Gasteiger partial charge on any atom is -0.372 e. The monoisotopic (exact) mass is 552 g/mol. The molecule has 3 aliphatic rings. The Labute approximate surface area is 240 Å². The van der Waals surface area contributed by atoms with Crippen molar-refractivity contribution in [3.63, 3.8) is 0 Å². The Morgan fingerprint density at radius 2 is 1.36 bits per heavy atom. The number of piperidine rings is 2. The fraction of sp³-hybridized carbons (Fsp3) is 0.594. The van der Waals surface area contributed by atoms with Crippen molar-refractivity contribution >= 4 is 28.7 Å². The van der Waals surface area contributed by atoms with Gasteiger partial charge >= 0.3 is 0 Å². The van der Waals surface area contributed by atoms with Crippen molar-refractivity contribution in [3.05, 3.63) is 53.1 Å². The highest BCUT2D eigenvalue weighted by Gasteiger charge is 2.46. The Morgan fingerprint density at radius 1 is 0.846 bits per heavy atom. The lowest BCUT2D eigenvalue weighted by atomic mass is 9.73. The van der Waals surface area contributed by atoms with E-state index in [2.05, 4.69) is 52.0 Å². The van der Waals surface area contributed by atoms with Crippen LogP contribution in [0.1, 0.15) is 58.4 Å². The lowest BCUT2D eigenvalue weighted by Gasteiger charge is -2.44. The second-order valence-corrected chi connectivity index (χ2v) is 11.3. The van der Waals surface area contributed by atoms with Crippen LogP contribution in [0, 0.1) is 22.7 Å². The zero-order valence-electron chi connectivity index (χ0n) is 24.3. The Bertz CT molecular complexity index is 1100. The van der Waals surface area contributed by atoms with Gasteiger partial charge in [0.05, 0.1) is 10.6 Å². The van der Waals surface area contributed by atoms with E-state index < -0.39 is 0 Å².